The molecule has 0 aliphatic heterocycles. The van der Waals surface area contributed by atoms with Gasteiger partial charge in [-0.3, -0.25) is 19.5 Å². The highest BCUT2D eigenvalue weighted by molar-refractivity contribution is 5.81. The van der Waals surface area contributed by atoms with Gasteiger partial charge in [0, 0.05) is 6.07 Å². The Hall–Kier alpha value is -3.42. The van der Waals surface area contributed by atoms with E-state index in [1.165, 1.54) is 22.8 Å². The van der Waals surface area contributed by atoms with E-state index in [9.17, 15) is 19.7 Å². The summed E-state index contributed by atoms with van der Waals surface area (Å²) in [6, 6.07) is 13.5. The van der Waals surface area contributed by atoms with Crippen LogP contribution in [0.2, 0.25) is 0 Å². The van der Waals surface area contributed by atoms with Crippen LogP contribution in [0.5, 0.6) is 0 Å². The first-order valence-corrected chi connectivity index (χ1v) is 8.65. The summed E-state index contributed by atoms with van der Waals surface area (Å²) in [5.74, 6) is -0.626. The average Bonchev–Trinajstić information content (AvgIpc) is 3.45. The first-order valence-electron chi connectivity index (χ1n) is 8.65. The van der Waals surface area contributed by atoms with Crippen molar-refractivity contribution >= 4 is 22.7 Å². The molecule has 0 spiro atoms. The second-order valence-corrected chi connectivity index (χ2v) is 6.66. The maximum Gasteiger partial charge on any atom is 0.420 e. The van der Waals surface area contributed by atoms with Crippen molar-refractivity contribution in [3.63, 3.8) is 0 Å². The molecule has 1 saturated carbocycles. The zero-order valence-electron chi connectivity index (χ0n) is 14.3. The van der Waals surface area contributed by atoms with Crippen molar-refractivity contribution in [3.8, 4) is 0 Å². The van der Waals surface area contributed by atoms with Crippen LogP contribution in [0.1, 0.15) is 24.4 Å². The summed E-state index contributed by atoms with van der Waals surface area (Å²) in [7, 11) is 0. The number of oxazole rings is 1. The maximum absolute atomic E-state index is 12.6. The Labute approximate surface area is 153 Å². The zero-order valence-corrected chi connectivity index (χ0v) is 14.3. The van der Waals surface area contributed by atoms with Crippen molar-refractivity contribution < 1.29 is 14.1 Å². The Morgan fingerprint density at radius 1 is 1.26 bits per heavy atom. The number of aromatic nitrogens is 1. The molecule has 1 aliphatic carbocycles. The zero-order chi connectivity index (χ0) is 19.0. The van der Waals surface area contributed by atoms with E-state index in [4.69, 9.17) is 4.42 Å². The lowest BCUT2D eigenvalue weighted by atomic mass is 10.0. The van der Waals surface area contributed by atoms with Crippen LogP contribution >= 0.6 is 0 Å². The van der Waals surface area contributed by atoms with Crippen LogP contribution in [0.25, 0.3) is 11.1 Å². The molecule has 1 N–H and O–H groups in total. The lowest BCUT2D eigenvalue weighted by molar-refractivity contribution is -0.384. The van der Waals surface area contributed by atoms with E-state index in [1.807, 2.05) is 30.3 Å². The number of non-ortho nitro benzene ring substituents is 1. The molecular formula is C19H17N3O5. The van der Waals surface area contributed by atoms with Gasteiger partial charge in [-0.05, 0) is 30.4 Å². The summed E-state index contributed by atoms with van der Waals surface area (Å²) >= 11 is 0. The van der Waals surface area contributed by atoms with Gasteiger partial charge in [0.25, 0.3) is 5.69 Å². The third kappa shape index (κ3) is 3.46. The number of nitrogens with one attached hydrogen (secondary N) is 1. The summed E-state index contributed by atoms with van der Waals surface area (Å²) in [5.41, 5.74) is 1.30. The minimum absolute atomic E-state index is 0.0869. The topological polar surface area (TPSA) is 107 Å². The quantitative estimate of drug-likeness (QED) is 0.532. The number of benzene rings is 2. The van der Waals surface area contributed by atoms with Crippen LogP contribution in [0, 0.1) is 16.0 Å². The minimum Gasteiger partial charge on any atom is -0.407 e. The van der Waals surface area contributed by atoms with Crippen LogP contribution in [0.3, 0.4) is 0 Å². The number of nitro groups is 1. The lowest BCUT2D eigenvalue weighted by Gasteiger charge is -2.18. The molecule has 138 valence electrons. The van der Waals surface area contributed by atoms with Crippen LogP contribution in [0.4, 0.5) is 5.69 Å². The molecule has 2 aromatic carbocycles. The monoisotopic (exact) mass is 367 g/mol. The fraction of sp³-hybridized carbons (Fsp3) is 0.263. The summed E-state index contributed by atoms with van der Waals surface area (Å²) in [6.45, 7) is -0.209. The highest BCUT2D eigenvalue weighted by Crippen LogP contribution is 2.40. The Balaban J connectivity index is 1.56. The maximum atomic E-state index is 12.6. The van der Waals surface area contributed by atoms with E-state index in [-0.39, 0.29) is 29.8 Å². The van der Waals surface area contributed by atoms with Crippen molar-refractivity contribution in [2.45, 2.75) is 25.4 Å². The number of hydrogen-bond donors (Lipinski definition) is 1. The van der Waals surface area contributed by atoms with E-state index in [1.54, 1.807) is 0 Å². The number of fused-ring (bicyclic) bond motifs is 1. The van der Waals surface area contributed by atoms with E-state index < -0.39 is 10.7 Å². The highest BCUT2D eigenvalue weighted by atomic mass is 16.6. The molecule has 0 bridgehead atoms. The molecule has 4 rings (SSSR count). The van der Waals surface area contributed by atoms with Gasteiger partial charge in [0.2, 0.25) is 5.91 Å². The second-order valence-electron chi connectivity index (χ2n) is 6.66. The van der Waals surface area contributed by atoms with E-state index in [0.717, 1.165) is 18.4 Å². The number of carbonyl (C=O) groups is 1. The molecule has 27 heavy (non-hydrogen) atoms. The number of carbonyl (C=O) groups excluding carboxylic acids is 1. The van der Waals surface area contributed by atoms with E-state index in [0.29, 0.717) is 11.4 Å². The normalized spacial score (nSPS) is 14.8. The molecule has 0 saturated heterocycles. The van der Waals surface area contributed by atoms with Gasteiger partial charge in [-0.15, -0.1) is 0 Å². The van der Waals surface area contributed by atoms with Gasteiger partial charge in [-0.1, -0.05) is 30.3 Å². The molecular weight excluding hydrogens is 350 g/mol. The van der Waals surface area contributed by atoms with Crippen LogP contribution in [0.15, 0.2) is 57.7 Å². The third-order valence-corrected chi connectivity index (χ3v) is 4.73. The highest BCUT2D eigenvalue weighted by Gasteiger charge is 2.33. The molecule has 1 amide bonds. The molecule has 8 nitrogen and oxygen atoms in total. The van der Waals surface area contributed by atoms with Gasteiger partial charge in [-0.25, -0.2) is 4.79 Å². The Kier molecular flexibility index (Phi) is 4.23. The van der Waals surface area contributed by atoms with Crippen molar-refractivity contribution in [3.05, 3.63) is 74.8 Å². The van der Waals surface area contributed by atoms with Gasteiger partial charge in [0.05, 0.1) is 22.5 Å². The van der Waals surface area contributed by atoms with Crippen molar-refractivity contribution in [2.75, 3.05) is 0 Å². The van der Waals surface area contributed by atoms with Gasteiger partial charge >= 0.3 is 5.76 Å². The average molecular weight is 367 g/mol. The molecule has 1 aromatic heterocycles. The summed E-state index contributed by atoms with van der Waals surface area (Å²) in [5, 5.41) is 13.9. The Bertz CT molecular complexity index is 1070. The van der Waals surface area contributed by atoms with Crippen molar-refractivity contribution in [1.82, 2.24) is 9.88 Å². The molecule has 3 aromatic rings. The van der Waals surface area contributed by atoms with Gasteiger partial charge in [-0.2, -0.15) is 0 Å². The predicted molar refractivity (Wildman–Crippen MR) is 97.2 cm³/mol. The van der Waals surface area contributed by atoms with Crippen molar-refractivity contribution in [2.24, 2.45) is 5.92 Å². The molecule has 8 heteroatoms. The van der Waals surface area contributed by atoms with E-state index in [2.05, 4.69) is 5.32 Å². The largest absolute Gasteiger partial charge is 0.420 e. The predicted octanol–water partition coefficient (Wildman–Crippen LogP) is 2.77. The smallest absolute Gasteiger partial charge is 0.407 e. The molecule has 1 unspecified atom stereocenters. The minimum atomic E-state index is -0.719. The van der Waals surface area contributed by atoms with Gasteiger partial charge in [0.1, 0.15) is 6.54 Å². The SMILES string of the molecule is O=C(Cn1c(=O)oc2cc([N+](=O)[O-])ccc21)NC(c1ccccc1)C1CC1. The first kappa shape index (κ1) is 17.0. The number of nitrogens with zero attached hydrogens (tertiary/aromatic N) is 2. The third-order valence-electron chi connectivity index (χ3n) is 4.73. The summed E-state index contributed by atoms with van der Waals surface area (Å²) < 4.78 is 6.25. The molecule has 1 fully saturated rings. The summed E-state index contributed by atoms with van der Waals surface area (Å²) in [4.78, 5) is 35.0. The Morgan fingerprint density at radius 3 is 2.67 bits per heavy atom. The number of hydrogen-bond acceptors (Lipinski definition) is 5. The molecule has 1 heterocycles. The number of nitro benzene ring substituents is 1. The lowest BCUT2D eigenvalue weighted by Crippen LogP contribution is -2.34. The fourth-order valence-electron chi connectivity index (χ4n) is 3.24. The summed E-state index contributed by atoms with van der Waals surface area (Å²) in [6.07, 6.45) is 2.11. The van der Waals surface area contributed by atoms with E-state index >= 15 is 0 Å². The fourth-order valence-corrected chi connectivity index (χ4v) is 3.24. The number of rotatable bonds is 6. The van der Waals surface area contributed by atoms with Gasteiger partial charge in [0.15, 0.2) is 5.58 Å². The van der Waals surface area contributed by atoms with Crippen LogP contribution in [-0.2, 0) is 11.3 Å². The molecule has 1 aliphatic rings. The standard InChI is InChI=1S/C19H17N3O5/c23-17(20-18(13-6-7-13)12-4-2-1-3-5-12)11-21-15-9-8-14(22(25)26)10-16(15)27-19(21)24/h1-5,8-10,13,18H,6-7,11H2,(H,20,23). The van der Waals surface area contributed by atoms with Gasteiger partial charge < -0.3 is 9.73 Å². The van der Waals surface area contributed by atoms with Crippen molar-refractivity contribution in [1.29, 1.82) is 0 Å². The van der Waals surface area contributed by atoms with Crippen LogP contribution < -0.4 is 11.1 Å². The van der Waals surface area contributed by atoms with Crippen LogP contribution in [-0.4, -0.2) is 15.4 Å². The first-order chi connectivity index (χ1) is 13.0. The Morgan fingerprint density at radius 2 is 2.00 bits per heavy atom. The second kappa shape index (κ2) is 6.71. The molecule has 0 radical (unpaired) electrons. The number of amides is 1. The molecule has 1 atom stereocenters.